The number of halogens is 1. The summed E-state index contributed by atoms with van der Waals surface area (Å²) in [6, 6.07) is 8.29. The molecule has 92 valence electrons. The van der Waals surface area contributed by atoms with Crippen molar-refractivity contribution >= 4 is 0 Å². The summed E-state index contributed by atoms with van der Waals surface area (Å²) in [5, 5.41) is 16.7. The van der Waals surface area contributed by atoms with Crippen molar-refractivity contribution in [2.45, 2.75) is 20.4 Å². The van der Waals surface area contributed by atoms with Crippen molar-refractivity contribution < 1.29 is 4.39 Å². The highest BCUT2D eigenvalue weighted by Crippen LogP contribution is 2.25. The standard InChI is InChI=1S/C13H13FN4/c1-9(2)8-18-13(12(7-15)16-17-18)10-5-3-4-6-11(10)14/h3-6,9H,8H2,1-2H3. The molecule has 1 aromatic carbocycles. The van der Waals surface area contributed by atoms with Crippen LogP contribution in [0.1, 0.15) is 19.5 Å². The predicted molar refractivity (Wildman–Crippen MR) is 65.0 cm³/mol. The Morgan fingerprint density at radius 1 is 1.39 bits per heavy atom. The van der Waals surface area contributed by atoms with Gasteiger partial charge < -0.3 is 0 Å². The molecule has 4 nitrogen and oxygen atoms in total. The fourth-order valence-corrected chi connectivity index (χ4v) is 1.78. The molecule has 0 radical (unpaired) electrons. The van der Waals surface area contributed by atoms with Gasteiger partial charge in [-0.15, -0.1) is 5.10 Å². The van der Waals surface area contributed by atoms with Gasteiger partial charge in [-0.25, -0.2) is 9.07 Å². The molecule has 0 amide bonds. The molecule has 0 saturated heterocycles. The third-order valence-electron chi connectivity index (χ3n) is 2.51. The molecule has 2 aromatic rings. The lowest BCUT2D eigenvalue weighted by Crippen LogP contribution is -2.08. The van der Waals surface area contributed by atoms with Gasteiger partial charge >= 0.3 is 0 Å². The van der Waals surface area contributed by atoms with Crippen LogP contribution in [0.25, 0.3) is 11.3 Å². The maximum absolute atomic E-state index is 13.8. The number of nitrogens with zero attached hydrogens (tertiary/aromatic N) is 4. The van der Waals surface area contributed by atoms with Crippen LogP contribution in [-0.2, 0) is 6.54 Å². The minimum Gasteiger partial charge on any atom is -0.243 e. The fourth-order valence-electron chi connectivity index (χ4n) is 1.78. The summed E-state index contributed by atoms with van der Waals surface area (Å²) in [6.45, 7) is 4.65. The molecule has 0 aliphatic heterocycles. The first-order valence-electron chi connectivity index (χ1n) is 5.72. The van der Waals surface area contributed by atoms with Crippen LogP contribution < -0.4 is 0 Å². The second kappa shape index (κ2) is 4.96. The molecule has 0 N–H and O–H groups in total. The molecule has 0 saturated carbocycles. The quantitative estimate of drug-likeness (QED) is 0.833. The summed E-state index contributed by atoms with van der Waals surface area (Å²) in [5.74, 6) is -0.0370. The summed E-state index contributed by atoms with van der Waals surface area (Å²) in [7, 11) is 0. The SMILES string of the molecule is CC(C)Cn1nnc(C#N)c1-c1ccccc1F. The molecular formula is C13H13FN4. The summed E-state index contributed by atoms with van der Waals surface area (Å²) < 4.78 is 15.4. The van der Waals surface area contributed by atoms with E-state index in [1.165, 1.54) is 6.07 Å². The monoisotopic (exact) mass is 244 g/mol. The van der Waals surface area contributed by atoms with Crippen LogP contribution in [0.5, 0.6) is 0 Å². The van der Waals surface area contributed by atoms with Crippen LogP contribution in [0, 0.1) is 23.1 Å². The number of aromatic nitrogens is 3. The molecule has 1 aromatic heterocycles. The molecule has 5 heteroatoms. The normalized spacial score (nSPS) is 10.6. The summed E-state index contributed by atoms with van der Waals surface area (Å²) in [6.07, 6.45) is 0. The van der Waals surface area contributed by atoms with E-state index in [2.05, 4.69) is 10.3 Å². The van der Waals surface area contributed by atoms with Crippen molar-refractivity contribution in [3.05, 3.63) is 35.8 Å². The van der Waals surface area contributed by atoms with E-state index in [1.54, 1.807) is 22.9 Å². The van der Waals surface area contributed by atoms with Crippen LogP contribution in [0.15, 0.2) is 24.3 Å². The molecule has 0 bridgehead atoms. The highest BCUT2D eigenvalue weighted by atomic mass is 19.1. The molecule has 2 rings (SSSR count). The maximum Gasteiger partial charge on any atom is 0.190 e. The van der Waals surface area contributed by atoms with E-state index in [9.17, 15) is 4.39 Å². The Morgan fingerprint density at radius 3 is 2.72 bits per heavy atom. The van der Waals surface area contributed by atoms with Gasteiger partial charge in [0.25, 0.3) is 0 Å². The fraction of sp³-hybridized carbons (Fsp3) is 0.308. The van der Waals surface area contributed by atoms with E-state index in [-0.39, 0.29) is 11.5 Å². The number of benzene rings is 1. The van der Waals surface area contributed by atoms with Crippen molar-refractivity contribution in [1.29, 1.82) is 5.26 Å². The van der Waals surface area contributed by atoms with Crippen LogP contribution in [0.2, 0.25) is 0 Å². The largest absolute Gasteiger partial charge is 0.243 e. The third kappa shape index (κ3) is 2.23. The summed E-state index contributed by atoms with van der Waals surface area (Å²) >= 11 is 0. The second-order valence-electron chi connectivity index (χ2n) is 4.45. The summed E-state index contributed by atoms with van der Waals surface area (Å²) in [4.78, 5) is 0. The predicted octanol–water partition coefficient (Wildman–Crippen LogP) is 2.61. The first-order chi connectivity index (χ1) is 8.63. The maximum atomic E-state index is 13.8. The molecule has 0 fully saturated rings. The van der Waals surface area contributed by atoms with Gasteiger partial charge in [0.1, 0.15) is 17.6 Å². The van der Waals surface area contributed by atoms with Crippen molar-refractivity contribution in [3.8, 4) is 17.3 Å². The van der Waals surface area contributed by atoms with E-state index in [4.69, 9.17) is 5.26 Å². The van der Waals surface area contributed by atoms with E-state index in [0.717, 1.165) is 0 Å². The highest BCUT2D eigenvalue weighted by molar-refractivity contribution is 5.65. The van der Waals surface area contributed by atoms with E-state index >= 15 is 0 Å². The lowest BCUT2D eigenvalue weighted by atomic mass is 10.1. The Balaban J connectivity index is 2.58. The average Bonchev–Trinajstić information content (AvgIpc) is 2.72. The van der Waals surface area contributed by atoms with Gasteiger partial charge in [0.05, 0.1) is 0 Å². The first kappa shape index (κ1) is 12.2. The molecular weight excluding hydrogens is 231 g/mol. The number of nitriles is 1. The summed E-state index contributed by atoms with van der Waals surface area (Å²) in [5.41, 5.74) is 0.963. The molecule has 0 aliphatic rings. The number of rotatable bonds is 3. The van der Waals surface area contributed by atoms with Gasteiger partial charge in [0.2, 0.25) is 0 Å². The Bertz CT molecular complexity index is 595. The minimum absolute atomic E-state index is 0.153. The highest BCUT2D eigenvalue weighted by Gasteiger charge is 2.18. The number of hydrogen-bond donors (Lipinski definition) is 0. The first-order valence-corrected chi connectivity index (χ1v) is 5.72. The van der Waals surface area contributed by atoms with Crippen molar-refractivity contribution in [1.82, 2.24) is 15.0 Å². The third-order valence-corrected chi connectivity index (χ3v) is 2.51. The van der Waals surface area contributed by atoms with Crippen LogP contribution >= 0.6 is 0 Å². The molecule has 0 aliphatic carbocycles. The topological polar surface area (TPSA) is 54.5 Å². The van der Waals surface area contributed by atoms with Gasteiger partial charge in [-0.2, -0.15) is 5.26 Å². The van der Waals surface area contributed by atoms with E-state index < -0.39 is 0 Å². The van der Waals surface area contributed by atoms with Crippen molar-refractivity contribution in [3.63, 3.8) is 0 Å². The molecule has 0 atom stereocenters. The zero-order chi connectivity index (χ0) is 13.1. The smallest absolute Gasteiger partial charge is 0.190 e. The average molecular weight is 244 g/mol. The number of hydrogen-bond acceptors (Lipinski definition) is 3. The zero-order valence-electron chi connectivity index (χ0n) is 10.3. The van der Waals surface area contributed by atoms with Crippen LogP contribution in [0.4, 0.5) is 4.39 Å². The lowest BCUT2D eigenvalue weighted by molar-refractivity contribution is 0.474. The Morgan fingerprint density at radius 2 is 2.11 bits per heavy atom. The van der Waals surface area contributed by atoms with Gasteiger partial charge in [0.15, 0.2) is 5.69 Å². The Hall–Kier alpha value is -2.22. The molecule has 0 unspecified atom stereocenters. The van der Waals surface area contributed by atoms with Gasteiger partial charge in [-0.1, -0.05) is 31.2 Å². The Labute approximate surface area is 105 Å². The molecule has 18 heavy (non-hydrogen) atoms. The second-order valence-corrected chi connectivity index (χ2v) is 4.45. The zero-order valence-corrected chi connectivity index (χ0v) is 10.3. The van der Waals surface area contributed by atoms with Crippen LogP contribution in [0.3, 0.4) is 0 Å². The van der Waals surface area contributed by atoms with E-state index in [1.807, 2.05) is 19.9 Å². The molecule has 1 heterocycles. The van der Waals surface area contributed by atoms with E-state index in [0.29, 0.717) is 23.7 Å². The Kier molecular flexibility index (Phi) is 3.38. The van der Waals surface area contributed by atoms with Gasteiger partial charge in [-0.05, 0) is 18.1 Å². The molecule has 0 spiro atoms. The van der Waals surface area contributed by atoms with Gasteiger partial charge in [-0.3, -0.25) is 0 Å². The van der Waals surface area contributed by atoms with Gasteiger partial charge in [0, 0.05) is 12.1 Å². The lowest BCUT2D eigenvalue weighted by Gasteiger charge is -2.09. The minimum atomic E-state index is -0.374. The van der Waals surface area contributed by atoms with Crippen molar-refractivity contribution in [2.24, 2.45) is 5.92 Å². The van der Waals surface area contributed by atoms with Crippen LogP contribution in [-0.4, -0.2) is 15.0 Å². The van der Waals surface area contributed by atoms with Crippen molar-refractivity contribution in [2.75, 3.05) is 0 Å².